The van der Waals surface area contributed by atoms with E-state index >= 15 is 0 Å². The molecule has 0 aromatic rings. The van der Waals surface area contributed by atoms with Gasteiger partial charge in [-0.1, -0.05) is 6.42 Å². The van der Waals surface area contributed by atoms with E-state index < -0.39 is 0 Å². The second-order valence-corrected chi connectivity index (χ2v) is 8.28. The molecule has 118 valence electrons. The van der Waals surface area contributed by atoms with Gasteiger partial charge < -0.3 is 10.6 Å². The summed E-state index contributed by atoms with van der Waals surface area (Å²) in [5.41, 5.74) is 6.28. The number of nitrogens with two attached hydrogens (primary N) is 1. The molecule has 0 aromatic carbocycles. The Labute approximate surface area is 133 Å². The Balaban J connectivity index is 0.00000115. The van der Waals surface area contributed by atoms with Crippen LogP contribution in [0.1, 0.15) is 38.5 Å². The summed E-state index contributed by atoms with van der Waals surface area (Å²) in [4.78, 5) is 15.1. The van der Waals surface area contributed by atoms with Gasteiger partial charge in [-0.2, -0.15) is 0 Å². The molecule has 1 saturated heterocycles. The smallest absolute Gasteiger partial charge is 0.226 e. The van der Waals surface area contributed by atoms with Crippen molar-refractivity contribution in [1.82, 2.24) is 4.90 Å². The summed E-state index contributed by atoms with van der Waals surface area (Å²) >= 11 is 0. The number of carbonyl (C=O) groups is 1. The SMILES string of the molecule is Cl.NC1CCCC2CN(C(=O)C3C4C5CCC(C5)C34)CC12. The summed E-state index contributed by atoms with van der Waals surface area (Å²) in [7, 11) is 0. The van der Waals surface area contributed by atoms with Crippen LogP contribution in [-0.4, -0.2) is 29.9 Å². The Hall–Kier alpha value is -0.280. The molecule has 4 aliphatic carbocycles. The van der Waals surface area contributed by atoms with Gasteiger partial charge in [0.2, 0.25) is 5.91 Å². The van der Waals surface area contributed by atoms with Crippen LogP contribution < -0.4 is 5.73 Å². The number of amides is 1. The second kappa shape index (κ2) is 4.86. The number of nitrogens with zero attached hydrogens (tertiary/aromatic N) is 1. The van der Waals surface area contributed by atoms with Crippen molar-refractivity contribution in [1.29, 1.82) is 0 Å². The van der Waals surface area contributed by atoms with E-state index in [4.69, 9.17) is 5.73 Å². The minimum Gasteiger partial charge on any atom is -0.342 e. The zero-order valence-electron chi connectivity index (χ0n) is 12.6. The fourth-order valence-electron chi connectivity index (χ4n) is 6.56. The number of hydrogen-bond acceptors (Lipinski definition) is 2. The molecule has 2 N–H and O–H groups in total. The maximum absolute atomic E-state index is 12.9. The molecule has 1 aliphatic heterocycles. The van der Waals surface area contributed by atoms with Crippen LogP contribution in [0.4, 0.5) is 0 Å². The summed E-state index contributed by atoms with van der Waals surface area (Å²) in [5.74, 6) is 5.64. The maximum atomic E-state index is 12.9. The quantitative estimate of drug-likeness (QED) is 0.807. The molecule has 3 nitrogen and oxygen atoms in total. The third-order valence-electron chi connectivity index (χ3n) is 7.49. The molecule has 1 heterocycles. The number of rotatable bonds is 1. The van der Waals surface area contributed by atoms with E-state index in [1.165, 1.54) is 38.5 Å². The molecule has 7 atom stereocenters. The Bertz CT molecular complexity index is 440. The first kappa shape index (κ1) is 14.3. The third kappa shape index (κ3) is 1.92. The van der Waals surface area contributed by atoms with E-state index in [1.807, 2.05) is 0 Å². The summed E-state index contributed by atoms with van der Waals surface area (Å²) < 4.78 is 0. The fraction of sp³-hybridized carbons (Fsp3) is 0.941. The summed E-state index contributed by atoms with van der Waals surface area (Å²) in [6, 6.07) is 0.349. The molecule has 2 bridgehead atoms. The van der Waals surface area contributed by atoms with Gasteiger partial charge in [-0.15, -0.1) is 12.4 Å². The highest BCUT2D eigenvalue weighted by molar-refractivity contribution is 5.85. The minimum absolute atomic E-state index is 0. The van der Waals surface area contributed by atoms with Crippen LogP contribution in [0.2, 0.25) is 0 Å². The van der Waals surface area contributed by atoms with Gasteiger partial charge in [-0.3, -0.25) is 4.79 Å². The number of likely N-dealkylation sites (tertiary alicyclic amines) is 1. The standard InChI is InChI=1S/C17H26N2O.ClH/c18-13-3-1-2-11-7-19(8-12(11)13)17(20)16-14-9-4-5-10(6-9)15(14)16;/h9-16H,1-8,18H2;1H. The largest absolute Gasteiger partial charge is 0.342 e. The average Bonchev–Trinajstić information content (AvgIpc) is 2.84. The zero-order valence-corrected chi connectivity index (χ0v) is 13.4. The van der Waals surface area contributed by atoms with Crippen LogP contribution in [0.5, 0.6) is 0 Å². The average molecular weight is 311 g/mol. The monoisotopic (exact) mass is 310 g/mol. The molecule has 1 amide bonds. The predicted molar refractivity (Wildman–Crippen MR) is 83.9 cm³/mol. The first-order valence-electron chi connectivity index (χ1n) is 8.78. The summed E-state index contributed by atoms with van der Waals surface area (Å²) in [6.07, 6.45) is 7.99. The molecule has 5 fully saturated rings. The second-order valence-electron chi connectivity index (χ2n) is 8.28. The molecule has 7 unspecified atom stereocenters. The first-order valence-corrected chi connectivity index (χ1v) is 8.78. The van der Waals surface area contributed by atoms with E-state index in [2.05, 4.69) is 4.90 Å². The molecule has 5 aliphatic rings. The van der Waals surface area contributed by atoms with Crippen molar-refractivity contribution >= 4 is 18.3 Å². The number of hydrogen-bond donors (Lipinski definition) is 1. The highest BCUT2D eigenvalue weighted by Gasteiger charge is 2.68. The fourth-order valence-corrected chi connectivity index (χ4v) is 6.56. The van der Waals surface area contributed by atoms with Gasteiger partial charge in [-0.05, 0) is 67.6 Å². The van der Waals surface area contributed by atoms with E-state index in [0.29, 0.717) is 29.7 Å². The van der Waals surface area contributed by atoms with Crippen molar-refractivity contribution in [3.8, 4) is 0 Å². The van der Waals surface area contributed by atoms with Crippen molar-refractivity contribution in [3.63, 3.8) is 0 Å². The molecule has 0 radical (unpaired) electrons. The topological polar surface area (TPSA) is 46.3 Å². The number of carbonyl (C=O) groups excluding carboxylic acids is 1. The van der Waals surface area contributed by atoms with E-state index in [0.717, 1.165) is 36.8 Å². The van der Waals surface area contributed by atoms with Crippen LogP contribution in [0.15, 0.2) is 0 Å². The summed E-state index contributed by atoms with van der Waals surface area (Å²) in [6.45, 7) is 1.98. The molecule has 4 saturated carbocycles. The van der Waals surface area contributed by atoms with Crippen LogP contribution in [-0.2, 0) is 4.79 Å². The van der Waals surface area contributed by atoms with Crippen LogP contribution in [0.3, 0.4) is 0 Å². The first-order chi connectivity index (χ1) is 9.74. The lowest BCUT2D eigenvalue weighted by Crippen LogP contribution is -2.38. The van der Waals surface area contributed by atoms with Gasteiger partial charge in [0.1, 0.15) is 0 Å². The normalized spacial score (nSPS) is 53.1. The van der Waals surface area contributed by atoms with Gasteiger partial charge in [0, 0.05) is 25.0 Å². The van der Waals surface area contributed by atoms with E-state index in [9.17, 15) is 4.79 Å². The molecular formula is C17H27ClN2O. The number of fused-ring (bicyclic) bond motifs is 6. The molecule has 21 heavy (non-hydrogen) atoms. The van der Waals surface area contributed by atoms with Gasteiger partial charge in [0.05, 0.1) is 0 Å². The lowest BCUT2D eigenvalue weighted by Gasteiger charge is -2.29. The van der Waals surface area contributed by atoms with Gasteiger partial charge >= 0.3 is 0 Å². The third-order valence-corrected chi connectivity index (χ3v) is 7.49. The van der Waals surface area contributed by atoms with Gasteiger partial charge in [-0.25, -0.2) is 0 Å². The Morgan fingerprint density at radius 1 is 0.952 bits per heavy atom. The predicted octanol–water partition coefficient (Wildman–Crippen LogP) is 2.29. The summed E-state index contributed by atoms with van der Waals surface area (Å²) in [5, 5.41) is 0. The lowest BCUT2D eigenvalue weighted by atomic mass is 9.78. The van der Waals surface area contributed by atoms with E-state index in [-0.39, 0.29) is 12.4 Å². The molecule has 4 heteroatoms. The van der Waals surface area contributed by atoms with Gasteiger partial charge in [0.25, 0.3) is 0 Å². The highest BCUT2D eigenvalue weighted by Crippen LogP contribution is 2.69. The van der Waals surface area contributed by atoms with Crippen LogP contribution in [0, 0.1) is 41.4 Å². The van der Waals surface area contributed by atoms with Crippen LogP contribution >= 0.6 is 12.4 Å². The lowest BCUT2D eigenvalue weighted by molar-refractivity contribution is -0.132. The van der Waals surface area contributed by atoms with Crippen LogP contribution in [0.25, 0.3) is 0 Å². The molecule has 0 aromatic heterocycles. The minimum atomic E-state index is 0. The zero-order chi connectivity index (χ0) is 13.4. The number of halogens is 1. The van der Waals surface area contributed by atoms with E-state index in [1.54, 1.807) is 0 Å². The Kier molecular flexibility index (Phi) is 3.31. The van der Waals surface area contributed by atoms with Crippen molar-refractivity contribution in [2.45, 2.75) is 44.6 Å². The van der Waals surface area contributed by atoms with Crippen molar-refractivity contribution < 1.29 is 4.79 Å². The Morgan fingerprint density at radius 3 is 2.33 bits per heavy atom. The highest BCUT2D eigenvalue weighted by atomic mass is 35.5. The van der Waals surface area contributed by atoms with Crippen molar-refractivity contribution in [2.75, 3.05) is 13.1 Å². The molecule has 0 spiro atoms. The molecular weight excluding hydrogens is 284 g/mol. The van der Waals surface area contributed by atoms with Gasteiger partial charge in [0.15, 0.2) is 0 Å². The Morgan fingerprint density at radius 2 is 1.67 bits per heavy atom. The van der Waals surface area contributed by atoms with Crippen molar-refractivity contribution in [3.05, 3.63) is 0 Å². The maximum Gasteiger partial charge on any atom is 0.226 e. The van der Waals surface area contributed by atoms with Crippen molar-refractivity contribution in [2.24, 2.45) is 47.2 Å². The molecule has 5 rings (SSSR count).